The number of methoxy groups -OCH3 is 1. The van der Waals surface area contributed by atoms with Gasteiger partial charge in [0, 0.05) is 0 Å². The second-order valence-electron chi connectivity index (χ2n) is 5.18. The predicted molar refractivity (Wildman–Crippen MR) is 74.7 cm³/mol. The third kappa shape index (κ3) is 2.34. The highest BCUT2D eigenvalue weighted by Gasteiger charge is 2.38. The van der Waals surface area contributed by atoms with E-state index in [0.29, 0.717) is 0 Å². The lowest BCUT2D eigenvalue weighted by molar-refractivity contribution is -0.157. The molecule has 0 saturated heterocycles. The highest BCUT2D eigenvalue weighted by molar-refractivity contribution is 5.87. The third-order valence-corrected chi connectivity index (χ3v) is 3.51. The molecule has 100 valence electrons. The fourth-order valence-corrected chi connectivity index (χ4v) is 2.25. The van der Waals surface area contributed by atoms with Crippen molar-refractivity contribution in [3.05, 3.63) is 48.0 Å². The molecule has 0 bridgehead atoms. The third-order valence-electron chi connectivity index (χ3n) is 3.51. The van der Waals surface area contributed by atoms with E-state index in [9.17, 15) is 9.90 Å². The summed E-state index contributed by atoms with van der Waals surface area (Å²) in [5.41, 5.74) is -0.243. The molecule has 0 fully saturated rings. The van der Waals surface area contributed by atoms with E-state index in [-0.39, 0.29) is 0 Å². The minimum absolute atomic E-state index is 0.423. The zero-order valence-corrected chi connectivity index (χ0v) is 11.4. The maximum atomic E-state index is 11.8. The number of hydrogen-bond acceptors (Lipinski definition) is 3. The van der Waals surface area contributed by atoms with Crippen molar-refractivity contribution in [2.24, 2.45) is 5.41 Å². The summed E-state index contributed by atoms with van der Waals surface area (Å²) in [5, 5.41) is 12.5. The van der Waals surface area contributed by atoms with E-state index in [1.807, 2.05) is 42.5 Å². The Balaban J connectivity index is 2.53. The van der Waals surface area contributed by atoms with E-state index >= 15 is 0 Å². The van der Waals surface area contributed by atoms with Gasteiger partial charge in [-0.2, -0.15) is 0 Å². The number of rotatable bonds is 3. The summed E-state index contributed by atoms with van der Waals surface area (Å²) in [4.78, 5) is 11.8. The smallest absolute Gasteiger partial charge is 0.314 e. The number of esters is 1. The number of hydrogen-bond donors (Lipinski definition) is 1. The average Bonchev–Trinajstić information content (AvgIpc) is 2.44. The van der Waals surface area contributed by atoms with Crippen molar-refractivity contribution in [2.45, 2.75) is 20.0 Å². The van der Waals surface area contributed by atoms with E-state index in [2.05, 4.69) is 0 Å². The second kappa shape index (κ2) is 5.02. The van der Waals surface area contributed by atoms with Gasteiger partial charge in [-0.25, -0.2) is 0 Å². The van der Waals surface area contributed by atoms with Crippen molar-refractivity contribution in [3.8, 4) is 0 Å². The fourth-order valence-electron chi connectivity index (χ4n) is 2.25. The largest absolute Gasteiger partial charge is 0.469 e. The zero-order valence-electron chi connectivity index (χ0n) is 11.4. The van der Waals surface area contributed by atoms with Crippen molar-refractivity contribution < 1.29 is 14.6 Å². The van der Waals surface area contributed by atoms with Gasteiger partial charge >= 0.3 is 5.97 Å². The number of benzene rings is 2. The molecule has 0 saturated carbocycles. The summed E-state index contributed by atoms with van der Waals surface area (Å²) in [5.74, 6) is -0.423. The Labute approximate surface area is 112 Å². The summed E-state index contributed by atoms with van der Waals surface area (Å²) < 4.78 is 4.77. The topological polar surface area (TPSA) is 46.5 Å². The Bertz CT molecular complexity index is 596. The summed E-state index contributed by atoms with van der Waals surface area (Å²) in [6, 6.07) is 13.5. The number of carbonyl (C=O) groups excluding carboxylic acids is 1. The van der Waals surface area contributed by atoms with Gasteiger partial charge in [0.2, 0.25) is 0 Å². The van der Waals surface area contributed by atoms with Crippen LogP contribution in [0.4, 0.5) is 0 Å². The molecule has 0 aliphatic carbocycles. The van der Waals surface area contributed by atoms with Crippen molar-refractivity contribution >= 4 is 16.7 Å². The molecule has 3 heteroatoms. The monoisotopic (exact) mass is 258 g/mol. The molecule has 0 aliphatic rings. The second-order valence-corrected chi connectivity index (χ2v) is 5.18. The average molecular weight is 258 g/mol. The van der Waals surface area contributed by atoms with Crippen LogP contribution in [-0.4, -0.2) is 18.2 Å². The standard InChI is InChI=1S/C16H18O3/c1-16(2,15(18)19-3)14(17)13-10-6-8-11-7-4-5-9-12(11)13/h4-10,14,17H,1-3H3. The minimum Gasteiger partial charge on any atom is -0.469 e. The molecular formula is C16H18O3. The Morgan fingerprint density at radius 1 is 1.16 bits per heavy atom. The van der Waals surface area contributed by atoms with Gasteiger partial charge in [0.25, 0.3) is 0 Å². The van der Waals surface area contributed by atoms with Gasteiger partial charge < -0.3 is 9.84 Å². The highest BCUT2D eigenvalue weighted by Crippen LogP contribution is 2.37. The summed E-state index contributed by atoms with van der Waals surface area (Å²) in [6.45, 7) is 3.37. The molecule has 2 aromatic rings. The first-order chi connectivity index (χ1) is 8.98. The Kier molecular flexibility index (Phi) is 3.58. The van der Waals surface area contributed by atoms with E-state index in [4.69, 9.17) is 4.74 Å². The Morgan fingerprint density at radius 2 is 1.79 bits per heavy atom. The maximum absolute atomic E-state index is 11.8. The first kappa shape index (κ1) is 13.6. The minimum atomic E-state index is -0.987. The van der Waals surface area contributed by atoms with E-state index in [1.54, 1.807) is 13.8 Å². The van der Waals surface area contributed by atoms with Crippen LogP contribution in [-0.2, 0) is 9.53 Å². The molecule has 0 amide bonds. The summed E-state index contributed by atoms with van der Waals surface area (Å²) in [6.07, 6.45) is -0.911. The van der Waals surface area contributed by atoms with Gasteiger partial charge in [-0.05, 0) is 30.2 Å². The van der Waals surface area contributed by atoms with E-state index < -0.39 is 17.5 Å². The van der Waals surface area contributed by atoms with Crippen LogP contribution in [0.5, 0.6) is 0 Å². The fraction of sp³-hybridized carbons (Fsp3) is 0.312. The lowest BCUT2D eigenvalue weighted by Gasteiger charge is -2.28. The molecule has 19 heavy (non-hydrogen) atoms. The maximum Gasteiger partial charge on any atom is 0.314 e. The lowest BCUT2D eigenvalue weighted by Crippen LogP contribution is -2.32. The number of aliphatic hydroxyl groups excluding tert-OH is 1. The SMILES string of the molecule is COC(=O)C(C)(C)C(O)c1cccc2ccccc12. The number of aliphatic hydroxyl groups is 1. The molecule has 0 heterocycles. The van der Waals surface area contributed by atoms with E-state index in [0.717, 1.165) is 16.3 Å². The quantitative estimate of drug-likeness (QED) is 0.861. The normalized spacial score (nSPS) is 13.3. The van der Waals surface area contributed by atoms with E-state index in [1.165, 1.54) is 7.11 Å². The molecule has 3 nitrogen and oxygen atoms in total. The molecule has 2 rings (SSSR count). The summed E-state index contributed by atoms with van der Waals surface area (Å²) >= 11 is 0. The van der Waals surface area contributed by atoms with Crippen molar-refractivity contribution in [2.75, 3.05) is 7.11 Å². The molecule has 1 unspecified atom stereocenters. The van der Waals surface area contributed by atoms with Crippen LogP contribution in [0.15, 0.2) is 42.5 Å². The first-order valence-corrected chi connectivity index (χ1v) is 6.22. The number of fused-ring (bicyclic) bond motifs is 1. The van der Waals surface area contributed by atoms with Crippen LogP contribution in [0, 0.1) is 5.41 Å². The van der Waals surface area contributed by atoms with Gasteiger partial charge in [-0.3, -0.25) is 4.79 Å². The van der Waals surface area contributed by atoms with Crippen LogP contribution in [0.1, 0.15) is 25.5 Å². The van der Waals surface area contributed by atoms with Gasteiger partial charge in [-0.15, -0.1) is 0 Å². The van der Waals surface area contributed by atoms with Crippen molar-refractivity contribution in [3.63, 3.8) is 0 Å². The van der Waals surface area contributed by atoms with Crippen LogP contribution >= 0.6 is 0 Å². The van der Waals surface area contributed by atoms with Crippen LogP contribution < -0.4 is 0 Å². The van der Waals surface area contributed by atoms with Gasteiger partial charge in [0.15, 0.2) is 0 Å². The number of ether oxygens (including phenoxy) is 1. The lowest BCUT2D eigenvalue weighted by atomic mass is 9.81. The van der Waals surface area contributed by atoms with Crippen molar-refractivity contribution in [1.29, 1.82) is 0 Å². The number of carbonyl (C=O) groups is 1. The molecule has 0 aliphatic heterocycles. The van der Waals surface area contributed by atoms with Gasteiger partial charge in [0.1, 0.15) is 0 Å². The molecule has 1 atom stereocenters. The first-order valence-electron chi connectivity index (χ1n) is 6.22. The predicted octanol–water partition coefficient (Wildman–Crippen LogP) is 3.07. The zero-order chi connectivity index (χ0) is 14.0. The van der Waals surface area contributed by atoms with Crippen LogP contribution in [0.2, 0.25) is 0 Å². The van der Waals surface area contributed by atoms with Crippen LogP contribution in [0.25, 0.3) is 10.8 Å². The molecular weight excluding hydrogens is 240 g/mol. The summed E-state index contributed by atoms with van der Waals surface area (Å²) in [7, 11) is 1.33. The van der Waals surface area contributed by atoms with Crippen LogP contribution in [0.3, 0.4) is 0 Å². The van der Waals surface area contributed by atoms with Crippen molar-refractivity contribution in [1.82, 2.24) is 0 Å². The van der Waals surface area contributed by atoms with Gasteiger partial charge in [0.05, 0.1) is 18.6 Å². The Morgan fingerprint density at radius 3 is 2.47 bits per heavy atom. The molecule has 0 spiro atoms. The molecule has 0 radical (unpaired) electrons. The van der Waals surface area contributed by atoms with Gasteiger partial charge in [-0.1, -0.05) is 42.5 Å². The highest BCUT2D eigenvalue weighted by atomic mass is 16.5. The molecule has 2 aromatic carbocycles. The molecule has 0 aromatic heterocycles. The Hall–Kier alpha value is -1.87. The molecule has 1 N–H and O–H groups in total.